The maximum absolute atomic E-state index is 12.5. The molecule has 0 saturated heterocycles. The molecule has 0 atom stereocenters. The summed E-state index contributed by atoms with van der Waals surface area (Å²) >= 11 is 0. The molecule has 0 bridgehead atoms. The molecule has 0 radical (unpaired) electrons. The van der Waals surface area contributed by atoms with Gasteiger partial charge in [-0.3, -0.25) is 9.48 Å². The highest BCUT2D eigenvalue weighted by Gasteiger charge is 2.31. The van der Waals surface area contributed by atoms with Gasteiger partial charge in [-0.2, -0.15) is 5.10 Å². The van der Waals surface area contributed by atoms with Crippen LogP contribution in [-0.2, 0) is 24.8 Å². The predicted octanol–water partition coefficient (Wildman–Crippen LogP) is 2.24. The monoisotopic (exact) mass is 336 g/mol. The van der Waals surface area contributed by atoms with Crippen molar-refractivity contribution >= 4 is 12.0 Å². The molecule has 0 unspecified atom stereocenters. The van der Waals surface area contributed by atoms with Crippen molar-refractivity contribution in [2.45, 2.75) is 65.6 Å². The summed E-state index contributed by atoms with van der Waals surface area (Å²) < 4.78 is 7.11. The Labute approximate surface area is 143 Å². The van der Waals surface area contributed by atoms with E-state index in [-0.39, 0.29) is 17.5 Å². The van der Waals surface area contributed by atoms with Gasteiger partial charge in [0.1, 0.15) is 5.60 Å². The number of ether oxygens (including phenoxy) is 1. The van der Waals surface area contributed by atoms with Crippen LogP contribution < -0.4 is 5.32 Å². The first-order chi connectivity index (χ1) is 10.9. The van der Waals surface area contributed by atoms with E-state index in [0.717, 1.165) is 11.3 Å². The Bertz CT molecular complexity index is 650. The average molecular weight is 336 g/mol. The number of nitrogens with one attached hydrogen (secondary N) is 1. The van der Waals surface area contributed by atoms with Gasteiger partial charge in [-0.25, -0.2) is 4.79 Å². The minimum Gasteiger partial charge on any atom is -0.444 e. The maximum Gasteiger partial charge on any atom is 0.410 e. The van der Waals surface area contributed by atoms with Gasteiger partial charge >= 0.3 is 6.09 Å². The molecular formula is C17H28N4O3. The molecule has 1 N–H and O–H groups in total. The molecule has 7 heteroatoms. The van der Waals surface area contributed by atoms with Gasteiger partial charge in [0.25, 0.3) is 5.91 Å². The zero-order chi connectivity index (χ0) is 18.3. The van der Waals surface area contributed by atoms with E-state index < -0.39 is 5.60 Å². The summed E-state index contributed by atoms with van der Waals surface area (Å²) in [5.41, 5.74) is 1.40. The van der Waals surface area contributed by atoms with Crippen LogP contribution in [0.4, 0.5) is 4.79 Å². The van der Waals surface area contributed by atoms with Crippen molar-refractivity contribution in [2.24, 2.45) is 7.05 Å². The number of aryl methyl sites for hydroxylation is 1. The molecule has 1 aliphatic rings. The fourth-order valence-corrected chi connectivity index (χ4v) is 2.63. The first kappa shape index (κ1) is 18.3. The second kappa shape index (κ2) is 6.11. The Morgan fingerprint density at radius 3 is 2.33 bits per heavy atom. The van der Waals surface area contributed by atoms with Crippen LogP contribution in [0.2, 0.25) is 0 Å². The second-order valence-corrected chi connectivity index (χ2v) is 8.25. The Balaban J connectivity index is 2.19. The lowest BCUT2D eigenvalue weighted by molar-refractivity contribution is 0.0219. The Morgan fingerprint density at radius 1 is 1.17 bits per heavy atom. The predicted molar refractivity (Wildman–Crippen MR) is 90.8 cm³/mol. The lowest BCUT2D eigenvalue weighted by Crippen LogP contribution is -2.42. The quantitative estimate of drug-likeness (QED) is 0.853. The first-order valence-electron chi connectivity index (χ1n) is 8.22. The minimum atomic E-state index is -0.526. The molecule has 2 rings (SSSR count). The minimum absolute atomic E-state index is 0.176. The maximum atomic E-state index is 12.5. The van der Waals surface area contributed by atoms with Crippen molar-refractivity contribution in [3.05, 3.63) is 17.0 Å². The van der Waals surface area contributed by atoms with Crippen molar-refractivity contribution in [1.29, 1.82) is 0 Å². The van der Waals surface area contributed by atoms with E-state index in [9.17, 15) is 9.59 Å². The fourth-order valence-electron chi connectivity index (χ4n) is 2.63. The van der Waals surface area contributed by atoms with Crippen molar-refractivity contribution in [2.75, 3.05) is 6.54 Å². The Morgan fingerprint density at radius 2 is 1.79 bits per heavy atom. The highest BCUT2D eigenvalue weighted by atomic mass is 16.6. The molecule has 0 fully saturated rings. The van der Waals surface area contributed by atoms with Crippen LogP contribution in [0, 0.1) is 0 Å². The molecule has 0 saturated carbocycles. The van der Waals surface area contributed by atoms with Crippen molar-refractivity contribution in [3.8, 4) is 0 Å². The largest absolute Gasteiger partial charge is 0.444 e. The number of fused-ring (bicyclic) bond motifs is 1. The van der Waals surface area contributed by atoms with Crippen LogP contribution in [0.15, 0.2) is 0 Å². The third kappa shape index (κ3) is 4.27. The number of carbonyl (C=O) groups excluding carboxylic acids is 2. The molecule has 7 nitrogen and oxygen atoms in total. The summed E-state index contributed by atoms with van der Waals surface area (Å²) in [7, 11) is 1.80. The molecule has 1 aromatic heterocycles. The van der Waals surface area contributed by atoms with E-state index in [0.29, 0.717) is 25.2 Å². The summed E-state index contributed by atoms with van der Waals surface area (Å²) in [5, 5.41) is 7.31. The van der Waals surface area contributed by atoms with Crippen LogP contribution in [0.25, 0.3) is 0 Å². The van der Waals surface area contributed by atoms with E-state index in [1.54, 1.807) is 16.6 Å². The van der Waals surface area contributed by atoms with Crippen LogP contribution in [0.5, 0.6) is 0 Å². The van der Waals surface area contributed by atoms with Gasteiger partial charge in [-0.15, -0.1) is 0 Å². The molecule has 1 aromatic rings. The van der Waals surface area contributed by atoms with Crippen molar-refractivity contribution < 1.29 is 14.3 Å². The number of hydrogen-bond donors (Lipinski definition) is 1. The lowest BCUT2D eigenvalue weighted by atomic mass is 10.0. The molecule has 2 heterocycles. The van der Waals surface area contributed by atoms with E-state index in [1.165, 1.54) is 0 Å². The smallest absolute Gasteiger partial charge is 0.410 e. The van der Waals surface area contributed by atoms with Crippen LogP contribution in [0.1, 0.15) is 63.3 Å². The highest BCUT2D eigenvalue weighted by Crippen LogP contribution is 2.24. The molecule has 0 aliphatic carbocycles. The van der Waals surface area contributed by atoms with Crippen LogP contribution in [-0.4, -0.2) is 44.4 Å². The standard InChI is InChI=1S/C17H28N4O3/c1-16(2,3)18-14(22)13-11-8-9-21(10-12(11)20(7)19-13)15(23)24-17(4,5)6/h8-10H2,1-7H3,(H,18,22). The zero-order valence-corrected chi connectivity index (χ0v) is 15.7. The van der Waals surface area contributed by atoms with Crippen LogP contribution in [0.3, 0.4) is 0 Å². The molecule has 134 valence electrons. The van der Waals surface area contributed by atoms with Gasteiger partial charge in [0.15, 0.2) is 5.69 Å². The lowest BCUT2D eigenvalue weighted by Gasteiger charge is -2.30. The van der Waals surface area contributed by atoms with E-state index in [1.807, 2.05) is 41.5 Å². The molecule has 1 aliphatic heterocycles. The van der Waals surface area contributed by atoms with E-state index in [2.05, 4.69) is 10.4 Å². The van der Waals surface area contributed by atoms with Crippen LogP contribution >= 0.6 is 0 Å². The molecular weight excluding hydrogens is 308 g/mol. The van der Waals surface area contributed by atoms with Crippen molar-refractivity contribution in [3.63, 3.8) is 0 Å². The fraction of sp³-hybridized carbons (Fsp3) is 0.706. The van der Waals surface area contributed by atoms with Gasteiger partial charge in [0.2, 0.25) is 0 Å². The Kier molecular flexibility index (Phi) is 4.65. The van der Waals surface area contributed by atoms with E-state index in [4.69, 9.17) is 4.74 Å². The van der Waals surface area contributed by atoms with Gasteiger partial charge in [-0.1, -0.05) is 0 Å². The second-order valence-electron chi connectivity index (χ2n) is 8.25. The zero-order valence-electron chi connectivity index (χ0n) is 15.7. The van der Waals surface area contributed by atoms with Gasteiger partial charge in [-0.05, 0) is 48.0 Å². The van der Waals surface area contributed by atoms with Gasteiger partial charge < -0.3 is 15.0 Å². The molecule has 2 amide bonds. The number of carbonyl (C=O) groups is 2. The third-order valence-corrected chi connectivity index (χ3v) is 3.60. The Hall–Kier alpha value is -2.05. The summed E-state index contributed by atoms with van der Waals surface area (Å²) in [6, 6.07) is 0. The number of rotatable bonds is 1. The molecule has 0 aromatic carbocycles. The number of amides is 2. The first-order valence-corrected chi connectivity index (χ1v) is 8.22. The number of nitrogens with zero attached hydrogens (tertiary/aromatic N) is 3. The molecule has 24 heavy (non-hydrogen) atoms. The normalized spacial score (nSPS) is 15.0. The van der Waals surface area contributed by atoms with Gasteiger partial charge in [0.05, 0.1) is 12.2 Å². The third-order valence-electron chi connectivity index (χ3n) is 3.60. The summed E-state index contributed by atoms with van der Waals surface area (Å²) in [5.74, 6) is -0.176. The van der Waals surface area contributed by atoms with Gasteiger partial charge in [0, 0.05) is 24.7 Å². The summed E-state index contributed by atoms with van der Waals surface area (Å²) in [6.45, 7) is 12.3. The van der Waals surface area contributed by atoms with E-state index >= 15 is 0 Å². The highest BCUT2D eigenvalue weighted by molar-refractivity contribution is 5.94. The summed E-state index contributed by atoms with van der Waals surface area (Å²) in [4.78, 5) is 26.4. The molecule has 0 spiro atoms. The topological polar surface area (TPSA) is 76.5 Å². The van der Waals surface area contributed by atoms with Crippen molar-refractivity contribution in [1.82, 2.24) is 20.0 Å². The summed E-state index contributed by atoms with van der Waals surface area (Å²) in [6.07, 6.45) is 0.255. The number of aromatic nitrogens is 2. The number of hydrogen-bond acceptors (Lipinski definition) is 4. The average Bonchev–Trinajstić information content (AvgIpc) is 2.72. The SMILES string of the molecule is Cn1nc(C(=O)NC(C)(C)C)c2c1CN(C(=O)OC(C)(C)C)CC2.